The Morgan fingerprint density at radius 1 is 0.857 bits per heavy atom. The van der Waals surface area contributed by atoms with E-state index in [9.17, 15) is 15.0 Å². The average molecular weight is 754 g/mol. The van der Waals surface area contributed by atoms with Crippen molar-refractivity contribution in [2.24, 2.45) is 0 Å². The van der Waals surface area contributed by atoms with E-state index in [4.69, 9.17) is 14.2 Å². The van der Waals surface area contributed by atoms with Crippen molar-refractivity contribution in [2.75, 3.05) is 12.4 Å². The number of methoxy groups -OCH3 is 1. The van der Waals surface area contributed by atoms with Gasteiger partial charge in [-0.15, -0.1) is 0 Å². The second-order valence-corrected chi connectivity index (χ2v) is 15.0. The molecular weight excluding hydrogens is 699 g/mol. The third-order valence-electron chi connectivity index (χ3n) is 10.7. The molecule has 2 aliphatic rings. The van der Waals surface area contributed by atoms with Crippen LogP contribution in [0.1, 0.15) is 86.1 Å². The highest BCUT2D eigenvalue weighted by Gasteiger charge is 2.18. The van der Waals surface area contributed by atoms with E-state index < -0.39 is 6.10 Å². The number of rotatable bonds is 14. The SMILES string of the molecule is COc1ccc2cc1OCc1ccc3c(c(O)ccc3c1)CC#CO[C@H](CCCCCCCc1cccc(N[C@H](Cc3ccccc3)[C@H](C)O)c1)CC(=O)CC2. The molecule has 3 atom stereocenters. The lowest BCUT2D eigenvalue weighted by molar-refractivity contribution is -0.121. The Morgan fingerprint density at radius 2 is 1.66 bits per heavy atom. The van der Waals surface area contributed by atoms with Gasteiger partial charge >= 0.3 is 0 Å². The van der Waals surface area contributed by atoms with E-state index in [2.05, 4.69) is 59.8 Å². The highest BCUT2D eigenvalue weighted by atomic mass is 16.5. The van der Waals surface area contributed by atoms with Gasteiger partial charge in [0.25, 0.3) is 0 Å². The van der Waals surface area contributed by atoms with Gasteiger partial charge in [0.15, 0.2) is 11.5 Å². The van der Waals surface area contributed by atoms with Crippen molar-refractivity contribution in [3.8, 4) is 29.3 Å². The van der Waals surface area contributed by atoms with Crippen molar-refractivity contribution in [2.45, 2.75) is 109 Å². The molecule has 56 heavy (non-hydrogen) atoms. The number of unbranched alkanes of at least 4 members (excludes halogenated alkanes) is 4. The first-order chi connectivity index (χ1) is 27.3. The minimum Gasteiger partial charge on any atom is -0.508 e. The van der Waals surface area contributed by atoms with Crippen LogP contribution in [-0.4, -0.2) is 41.4 Å². The molecular formula is C49H55NO6. The molecule has 0 saturated carbocycles. The number of Topliss-reactive ketones (excluding diaryl/α,β-unsaturated/α-hetero) is 1. The van der Waals surface area contributed by atoms with Crippen LogP contribution in [0.5, 0.6) is 17.2 Å². The van der Waals surface area contributed by atoms with Crippen LogP contribution >= 0.6 is 0 Å². The molecule has 0 radical (unpaired) electrons. The van der Waals surface area contributed by atoms with E-state index >= 15 is 0 Å². The van der Waals surface area contributed by atoms with Crippen molar-refractivity contribution < 1.29 is 29.2 Å². The van der Waals surface area contributed by atoms with Crippen LogP contribution < -0.4 is 14.8 Å². The monoisotopic (exact) mass is 753 g/mol. The number of aromatic hydroxyl groups is 1. The maximum absolute atomic E-state index is 13.3. The number of phenols is 1. The largest absolute Gasteiger partial charge is 0.508 e. The van der Waals surface area contributed by atoms with Crippen molar-refractivity contribution in [3.05, 3.63) is 131 Å². The second-order valence-electron chi connectivity index (χ2n) is 15.0. The van der Waals surface area contributed by atoms with Gasteiger partial charge in [-0.2, -0.15) is 0 Å². The Hall–Kier alpha value is -5.45. The highest BCUT2D eigenvalue weighted by molar-refractivity contribution is 5.88. The normalized spacial score (nSPS) is 15.7. The van der Waals surface area contributed by atoms with Crippen LogP contribution in [0.3, 0.4) is 0 Å². The number of aliphatic hydroxyl groups is 1. The molecule has 3 N–H and O–H groups in total. The Balaban J connectivity index is 1.02. The molecule has 7 heteroatoms. The lowest BCUT2D eigenvalue weighted by Crippen LogP contribution is -2.33. The molecule has 6 bridgehead atoms. The smallest absolute Gasteiger partial charge is 0.161 e. The minimum absolute atomic E-state index is 0.0706. The highest BCUT2D eigenvalue weighted by Crippen LogP contribution is 2.32. The van der Waals surface area contributed by atoms with E-state index in [1.54, 1.807) is 13.2 Å². The summed E-state index contributed by atoms with van der Waals surface area (Å²) in [4.78, 5) is 13.3. The summed E-state index contributed by atoms with van der Waals surface area (Å²) in [6.07, 6.45) is 11.6. The number of nitrogens with one attached hydrogen (secondary N) is 1. The summed E-state index contributed by atoms with van der Waals surface area (Å²) >= 11 is 0. The fraction of sp³-hybridized carbons (Fsp3) is 0.367. The number of carbonyl (C=O) groups excluding carboxylic acids is 1. The number of benzene rings is 5. The van der Waals surface area contributed by atoms with Crippen LogP contribution in [0.15, 0.2) is 103 Å². The molecule has 2 aliphatic heterocycles. The molecule has 0 fully saturated rings. The lowest BCUT2D eigenvalue weighted by atomic mass is 9.99. The van der Waals surface area contributed by atoms with Gasteiger partial charge in [0, 0.05) is 30.5 Å². The molecule has 0 amide bonds. The molecule has 0 aromatic heterocycles. The van der Waals surface area contributed by atoms with Gasteiger partial charge in [0.1, 0.15) is 30.4 Å². The minimum atomic E-state index is -0.482. The van der Waals surface area contributed by atoms with Crippen LogP contribution in [0, 0.1) is 12.0 Å². The number of aryl methyl sites for hydroxylation is 2. The topological polar surface area (TPSA) is 97.2 Å². The van der Waals surface area contributed by atoms with Crippen molar-refractivity contribution in [1.82, 2.24) is 0 Å². The van der Waals surface area contributed by atoms with Gasteiger partial charge in [0.2, 0.25) is 0 Å². The first-order valence-corrected chi connectivity index (χ1v) is 20.1. The van der Waals surface area contributed by atoms with E-state index in [1.165, 1.54) is 11.1 Å². The first kappa shape index (κ1) is 40.2. The molecule has 2 heterocycles. The Labute approximate surface area is 332 Å². The van der Waals surface area contributed by atoms with E-state index in [0.29, 0.717) is 43.8 Å². The molecule has 7 rings (SSSR count). The van der Waals surface area contributed by atoms with Gasteiger partial charge in [0.05, 0.1) is 19.3 Å². The van der Waals surface area contributed by atoms with Crippen molar-refractivity contribution >= 4 is 22.2 Å². The quantitative estimate of drug-likeness (QED) is 0.0768. The zero-order valence-corrected chi connectivity index (χ0v) is 32.8. The Kier molecular flexibility index (Phi) is 14.7. The zero-order chi connectivity index (χ0) is 39.1. The molecule has 0 unspecified atom stereocenters. The molecule has 5 aromatic carbocycles. The summed E-state index contributed by atoms with van der Waals surface area (Å²) in [6.45, 7) is 2.20. The Bertz CT molecular complexity index is 2100. The predicted octanol–water partition coefficient (Wildman–Crippen LogP) is 9.91. The van der Waals surface area contributed by atoms with Gasteiger partial charge in [-0.05, 0) is 115 Å². The number of fused-ring (bicyclic) bond motifs is 9. The third kappa shape index (κ3) is 11.8. The number of hydrogen-bond acceptors (Lipinski definition) is 7. The standard InChI is InChI=1S/C49H55NO6/c1-35(51)46(31-37-14-8-6-9-15-37)50-41-17-11-16-36(30-41)13-7-4-3-5-10-18-43-33-42(52)24-20-38-22-27-48(54-2)49(32-38)56-34-39-21-25-44-40(29-39)23-26-47(53)45(44)19-12-28-55-43/h6,8-9,11,14-17,21-23,25-27,29-30,32,35,43,46,50-51,53H,3-5,7,10,13,18-20,24,31,33-34H2,1-2H3/t35-,43+,46+/m0/s1. The van der Waals surface area contributed by atoms with Gasteiger partial charge < -0.3 is 29.7 Å². The number of phenolic OH excluding ortho intramolecular Hbond substituents is 1. The zero-order valence-electron chi connectivity index (χ0n) is 32.8. The molecule has 7 nitrogen and oxygen atoms in total. The van der Waals surface area contributed by atoms with Crippen molar-refractivity contribution in [1.29, 1.82) is 0 Å². The number of ketones is 1. The summed E-state index contributed by atoms with van der Waals surface area (Å²) in [5.74, 6) is 4.74. The number of hydrogen-bond donors (Lipinski definition) is 3. The first-order valence-electron chi connectivity index (χ1n) is 20.1. The van der Waals surface area contributed by atoms with Gasteiger partial charge in [-0.1, -0.05) is 91.9 Å². The number of ether oxygens (including phenoxy) is 3. The number of anilines is 1. The fourth-order valence-corrected chi connectivity index (χ4v) is 7.42. The molecule has 0 saturated heterocycles. The van der Waals surface area contributed by atoms with E-state index in [-0.39, 0.29) is 23.7 Å². The Morgan fingerprint density at radius 3 is 2.50 bits per heavy atom. The van der Waals surface area contributed by atoms with Crippen LogP contribution in [0.4, 0.5) is 5.69 Å². The maximum Gasteiger partial charge on any atom is 0.161 e. The summed E-state index contributed by atoms with van der Waals surface area (Å²) in [6, 6.07) is 34.3. The van der Waals surface area contributed by atoms with Gasteiger partial charge in [-0.25, -0.2) is 0 Å². The fourth-order valence-electron chi connectivity index (χ4n) is 7.42. The lowest BCUT2D eigenvalue weighted by Gasteiger charge is -2.23. The number of carbonyl (C=O) groups is 1. The van der Waals surface area contributed by atoms with Crippen LogP contribution in [0.2, 0.25) is 0 Å². The van der Waals surface area contributed by atoms with Gasteiger partial charge in [-0.3, -0.25) is 4.79 Å². The summed E-state index contributed by atoms with van der Waals surface area (Å²) < 4.78 is 17.9. The summed E-state index contributed by atoms with van der Waals surface area (Å²) in [5, 5.41) is 26.7. The molecule has 5 aromatic rings. The average Bonchev–Trinajstić information content (AvgIpc) is 3.21. The molecule has 0 spiro atoms. The molecule has 292 valence electrons. The summed E-state index contributed by atoms with van der Waals surface area (Å²) in [7, 11) is 1.63. The van der Waals surface area contributed by atoms with Crippen molar-refractivity contribution in [3.63, 3.8) is 0 Å². The number of aliphatic hydroxyl groups excluding tert-OH is 1. The van der Waals surface area contributed by atoms with Crippen LogP contribution in [0.25, 0.3) is 10.8 Å². The third-order valence-corrected chi connectivity index (χ3v) is 10.7. The molecule has 0 aliphatic carbocycles. The maximum atomic E-state index is 13.3. The van der Waals surface area contributed by atoms with E-state index in [0.717, 1.165) is 84.5 Å². The summed E-state index contributed by atoms with van der Waals surface area (Å²) in [5.41, 5.74) is 6.28. The predicted molar refractivity (Wildman–Crippen MR) is 224 cm³/mol. The second kappa shape index (κ2) is 20.5. The van der Waals surface area contributed by atoms with Crippen LogP contribution in [-0.2, 0) is 41.8 Å². The van der Waals surface area contributed by atoms with E-state index in [1.807, 2.05) is 61.5 Å².